The summed E-state index contributed by atoms with van der Waals surface area (Å²) in [5, 5.41) is 5.72. The minimum Gasteiger partial charge on any atom is -0.434 e. The van der Waals surface area contributed by atoms with E-state index in [0.717, 1.165) is 39.0 Å². The number of carbonyl (C=O) groups excluding carboxylic acids is 2. The molecule has 1 aliphatic rings. The lowest BCUT2D eigenvalue weighted by Gasteiger charge is -2.27. The van der Waals surface area contributed by atoms with Crippen molar-refractivity contribution in [2.75, 3.05) is 37.7 Å². The normalized spacial score (nSPS) is 14.1. The van der Waals surface area contributed by atoms with Crippen LogP contribution in [0.4, 0.5) is 15.5 Å². The summed E-state index contributed by atoms with van der Waals surface area (Å²) in [4.78, 5) is 33.4. The maximum atomic E-state index is 11.5. The van der Waals surface area contributed by atoms with Crippen molar-refractivity contribution >= 4 is 18.2 Å². The van der Waals surface area contributed by atoms with Gasteiger partial charge in [0.05, 0.1) is 6.61 Å². The van der Waals surface area contributed by atoms with Crippen molar-refractivity contribution in [1.82, 2.24) is 20.6 Å². The number of hydrogen-bond donors (Lipinski definition) is 2. The molecule has 1 amide bonds. The largest absolute Gasteiger partial charge is 0.517 e. The third kappa shape index (κ3) is 5.99. The Kier molecular flexibility index (Phi) is 7.21. The number of nitrogens with one attached hydrogen (secondary N) is 2. The monoisotopic (exact) mass is 337 g/mol. The van der Waals surface area contributed by atoms with Crippen molar-refractivity contribution in [1.29, 1.82) is 0 Å². The molecule has 9 nitrogen and oxygen atoms in total. The first kappa shape index (κ1) is 17.9. The first-order valence-corrected chi connectivity index (χ1v) is 8.08. The quantitative estimate of drug-likeness (QED) is 0.451. The van der Waals surface area contributed by atoms with Gasteiger partial charge in [-0.3, -0.25) is 0 Å². The van der Waals surface area contributed by atoms with E-state index in [1.165, 1.54) is 0 Å². The van der Waals surface area contributed by atoms with Crippen LogP contribution < -0.4 is 15.5 Å². The number of unbranched alkanes of at least 4 members (excludes halogenated alkanes) is 1. The number of hydrogen-bond acceptors (Lipinski definition) is 8. The van der Waals surface area contributed by atoms with Crippen molar-refractivity contribution in [3.8, 4) is 0 Å². The van der Waals surface area contributed by atoms with Gasteiger partial charge in [-0.1, -0.05) is 13.3 Å². The van der Waals surface area contributed by atoms with E-state index in [1.54, 1.807) is 12.4 Å². The van der Waals surface area contributed by atoms with Gasteiger partial charge in [-0.05, 0) is 6.42 Å². The molecule has 0 atom stereocenters. The first-order chi connectivity index (χ1) is 11.7. The van der Waals surface area contributed by atoms with E-state index in [9.17, 15) is 9.59 Å². The summed E-state index contributed by atoms with van der Waals surface area (Å²) in [7, 11) is 0. The fourth-order valence-electron chi connectivity index (χ4n) is 2.08. The highest BCUT2D eigenvalue weighted by molar-refractivity contribution is 5.80. The summed E-state index contributed by atoms with van der Waals surface area (Å²) in [6, 6.07) is 0. The number of carbonyl (C=O) groups is 2. The number of anilines is 1. The Hall–Kier alpha value is -2.42. The Bertz CT molecular complexity index is 531. The number of rotatable bonds is 6. The molecule has 0 aromatic carbocycles. The zero-order valence-corrected chi connectivity index (χ0v) is 13.8. The van der Waals surface area contributed by atoms with Crippen molar-refractivity contribution < 1.29 is 19.1 Å². The zero-order chi connectivity index (χ0) is 17.2. The SMILES string of the molecule is CCCCOC(=O)OC(=O)NCc1cnc(N2CCNCC2)nc1. The molecule has 2 rings (SSSR count). The number of nitrogens with zero attached hydrogens (tertiary/aromatic N) is 3. The van der Waals surface area contributed by atoms with Crippen LogP contribution in [-0.2, 0) is 16.0 Å². The molecule has 0 bridgehead atoms. The Morgan fingerprint density at radius 3 is 2.67 bits per heavy atom. The second-order valence-corrected chi connectivity index (χ2v) is 5.32. The van der Waals surface area contributed by atoms with Crippen LogP contribution in [0.15, 0.2) is 12.4 Å². The standard InChI is InChI=1S/C15H23N5O4/c1-2-3-8-23-15(22)24-14(21)19-11-12-9-17-13(18-10-12)20-6-4-16-5-7-20/h9-10,16H,2-8,11H2,1H3,(H,19,21). The number of alkyl carbamates (subject to hydrolysis) is 1. The molecule has 1 aromatic heterocycles. The van der Waals surface area contributed by atoms with Crippen LogP contribution in [0.1, 0.15) is 25.3 Å². The van der Waals surface area contributed by atoms with Crippen molar-refractivity contribution in [3.63, 3.8) is 0 Å². The molecule has 1 fully saturated rings. The van der Waals surface area contributed by atoms with Crippen LogP contribution >= 0.6 is 0 Å². The summed E-state index contributed by atoms with van der Waals surface area (Å²) in [5.74, 6) is 0.669. The molecule has 0 unspecified atom stereocenters. The number of ether oxygens (including phenoxy) is 2. The third-order valence-electron chi connectivity index (χ3n) is 3.42. The van der Waals surface area contributed by atoms with Gasteiger partial charge in [0.25, 0.3) is 0 Å². The minimum atomic E-state index is -0.994. The van der Waals surface area contributed by atoms with Crippen LogP contribution in [-0.4, -0.2) is 55.0 Å². The van der Waals surface area contributed by atoms with Gasteiger partial charge in [-0.25, -0.2) is 19.6 Å². The van der Waals surface area contributed by atoms with Gasteiger partial charge >= 0.3 is 12.2 Å². The summed E-state index contributed by atoms with van der Waals surface area (Å²) in [6.45, 7) is 5.93. The number of aromatic nitrogens is 2. The fraction of sp³-hybridized carbons (Fsp3) is 0.600. The van der Waals surface area contributed by atoms with E-state index in [0.29, 0.717) is 11.5 Å². The lowest BCUT2D eigenvalue weighted by molar-refractivity contribution is 0.0740. The zero-order valence-electron chi connectivity index (χ0n) is 13.8. The van der Waals surface area contributed by atoms with Gasteiger partial charge in [-0.2, -0.15) is 0 Å². The van der Waals surface area contributed by atoms with Gasteiger partial charge in [0, 0.05) is 50.7 Å². The predicted molar refractivity (Wildman–Crippen MR) is 86.7 cm³/mol. The van der Waals surface area contributed by atoms with Crippen LogP contribution in [0.2, 0.25) is 0 Å². The average Bonchev–Trinajstić information content (AvgIpc) is 2.61. The number of piperazine rings is 1. The Labute approximate surface area is 140 Å². The van der Waals surface area contributed by atoms with E-state index in [4.69, 9.17) is 4.74 Å². The third-order valence-corrected chi connectivity index (χ3v) is 3.42. The summed E-state index contributed by atoms with van der Waals surface area (Å²) in [6.07, 6.45) is 3.06. The molecule has 132 valence electrons. The van der Waals surface area contributed by atoms with Crippen molar-refractivity contribution in [3.05, 3.63) is 18.0 Å². The molecular weight excluding hydrogens is 314 g/mol. The predicted octanol–water partition coefficient (Wildman–Crippen LogP) is 1.05. The fourth-order valence-corrected chi connectivity index (χ4v) is 2.08. The molecule has 2 N–H and O–H groups in total. The van der Waals surface area contributed by atoms with Gasteiger partial charge in [0.1, 0.15) is 0 Å². The van der Waals surface area contributed by atoms with Gasteiger partial charge < -0.3 is 25.0 Å². The molecule has 0 radical (unpaired) electrons. The van der Waals surface area contributed by atoms with E-state index in [2.05, 4.69) is 30.2 Å². The van der Waals surface area contributed by atoms with E-state index >= 15 is 0 Å². The van der Waals surface area contributed by atoms with Crippen LogP contribution in [0.5, 0.6) is 0 Å². The molecule has 24 heavy (non-hydrogen) atoms. The number of amides is 1. The highest BCUT2D eigenvalue weighted by Crippen LogP contribution is 2.07. The van der Waals surface area contributed by atoms with Crippen LogP contribution in [0, 0.1) is 0 Å². The van der Waals surface area contributed by atoms with Crippen molar-refractivity contribution in [2.45, 2.75) is 26.3 Å². The summed E-state index contributed by atoms with van der Waals surface area (Å²) >= 11 is 0. The van der Waals surface area contributed by atoms with E-state index in [1.807, 2.05) is 6.92 Å². The Morgan fingerprint density at radius 1 is 1.29 bits per heavy atom. The second-order valence-electron chi connectivity index (χ2n) is 5.32. The van der Waals surface area contributed by atoms with Gasteiger partial charge in [0.2, 0.25) is 5.95 Å². The Balaban J connectivity index is 1.71. The van der Waals surface area contributed by atoms with E-state index in [-0.39, 0.29) is 13.2 Å². The molecule has 0 aliphatic carbocycles. The molecule has 1 aliphatic heterocycles. The smallest absolute Gasteiger partial charge is 0.434 e. The highest BCUT2D eigenvalue weighted by Gasteiger charge is 2.13. The molecule has 0 spiro atoms. The lowest BCUT2D eigenvalue weighted by Crippen LogP contribution is -2.44. The minimum absolute atomic E-state index is 0.170. The maximum Gasteiger partial charge on any atom is 0.517 e. The van der Waals surface area contributed by atoms with Crippen molar-refractivity contribution in [2.24, 2.45) is 0 Å². The molecule has 2 heterocycles. The molecule has 1 aromatic rings. The molecular formula is C15H23N5O4. The van der Waals surface area contributed by atoms with Crippen LogP contribution in [0.3, 0.4) is 0 Å². The maximum absolute atomic E-state index is 11.5. The van der Waals surface area contributed by atoms with Gasteiger partial charge in [0.15, 0.2) is 0 Å². The first-order valence-electron chi connectivity index (χ1n) is 8.08. The molecule has 9 heteroatoms. The molecule has 1 saturated heterocycles. The average molecular weight is 337 g/mol. The molecule has 0 saturated carbocycles. The topological polar surface area (TPSA) is 106 Å². The van der Waals surface area contributed by atoms with E-state index < -0.39 is 12.2 Å². The summed E-state index contributed by atoms with van der Waals surface area (Å²) < 4.78 is 9.20. The second kappa shape index (κ2) is 9.66. The lowest BCUT2D eigenvalue weighted by atomic mass is 10.3. The van der Waals surface area contributed by atoms with Crippen LogP contribution in [0.25, 0.3) is 0 Å². The summed E-state index contributed by atoms with van der Waals surface area (Å²) in [5.41, 5.74) is 0.713. The Morgan fingerprint density at radius 2 is 2.00 bits per heavy atom. The highest BCUT2D eigenvalue weighted by atomic mass is 16.7. The van der Waals surface area contributed by atoms with Gasteiger partial charge in [-0.15, -0.1) is 0 Å².